The minimum Gasteiger partial charge on any atom is -0.483 e. The Morgan fingerprint density at radius 3 is 2.74 bits per heavy atom. The molecular formula is C15H13ClN2O. The highest BCUT2D eigenvalue weighted by Crippen LogP contribution is 2.23. The molecule has 2 aromatic carbocycles. The zero-order valence-corrected chi connectivity index (χ0v) is 11.2. The lowest BCUT2D eigenvalue weighted by Gasteiger charge is -2.11. The molecule has 0 aliphatic carbocycles. The molecule has 3 nitrogen and oxygen atoms in total. The summed E-state index contributed by atoms with van der Waals surface area (Å²) >= 11 is 5.96. The predicted octanol–water partition coefficient (Wildman–Crippen LogP) is 4.36. The van der Waals surface area contributed by atoms with Crippen LogP contribution in [0.15, 0.2) is 48.5 Å². The van der Waals surface area contributed by atoms with Crippen molar-refractivity contribution >= 4 is 22.6 Å². The van der Waals surface area contributed by atoms with Gasteiger partial charge >= 0.3 is 0 Å². The Hall–Kier alpha value is -2.00. The van der Waals surface area contributed by atoms with Crippen LogP contribution >= 0.6 is 11.6 Å². The first kappa shape index (κ1) is 12.1. The third-order valence-corrected chi connectivity index (χ3v) is 3.14. The van der Waals surface area contributed by atoms with Crippen LogP contribution in [0.25, 0.3) is 11.0 Å². The second-order valence-electron chi connectivity index (χ2n) is 4.36. The van der Waals surface area contributed by atoms with E-state index in [-0.39, 0.29) is 6.10 Å². The van der Waals surface area contributed by atoms with Gasteiger partial charge in [0, 0.05) is 5.02 Å². The first-order valence-corrected chi connectivity index (χ1v) is 6.47. The maximum Gasteiger partial charge on any atom is 0.153 e. The van der Waals surface area contributed by atoms with Crippen molar-refractivity contribution in [2.45, 2.75) is 13.0 Å². The van der Waals surface area contributed by atoms with Crippen LogP contribution < -0.4 is 4.74 Å². The SMILES string of the molecule is CC(Oc1ccccc1)c1nc2ccc(Cl)cc2[nH]1. The molecule has 0 saturated carbocycles. The van der Waals surface area contributed by atoms with E-state index in [1.807, 2.05) is 55.5 Å². The van der Waals surface area contributed by atoms with E-state index in [0.29, 0.717) is 5.02 Å². The molecule has 1 heterocycles. The Morgan fingerprint density at radius 1 is 1.16 bits per heavy atom. The number of halogens is 1. The zero-order valence-electron chi connectivity index (χ0n) is 10.4. The number of imidazole rings is 1. The largest absolute Gasteiger partial charge is 0.483 e. The van der Waals surface area contributed by atoms with Gasteiger partial charge in [-0.3, -0.25) is 0 Å². The normalized spacial score (nSPS) is 12.5. The number of H-pyrrole nitrogens is 1. The molecule has 1 aromatic heterocycles. The Morgan fingerprint density at radius 2 is 1.95 bits per heavy atom. The molecule has 3 rings (SSSR count). The highest BCUT2D eigenvalue weighted by molar-refractivity contribution is 6.31. The van der Waals surface area contributed by atoms with Gasteiger partial charge in [-0.25, -0.2) is 4.98 Å². The maximum atomic E-state index is 5.96. The summed E-state index contributed by atoms with van der Waals surface area (Å²) in [6.07, 6.45) is -0.145. The lowest BCUT2D eigenvalue weighted by Crippen LogP contribution is -2.04. The quantitative estimate of drug-likeness (QED) is 0.769. The van der Waals surface area contributed by atoms with Crippen molar-refractivity contribution in [3.05, 3.63) is 59.4 Å². The molecule has 0 saturated heterocycles. The number of benzene rings is 2. The van der Waals surface area contributed by atoms with Gasteiger partial charge in [0.1, 0.15) is 11.6 Å². The molecule has 0 aliphatic rings. The number of nitrogens with zero attached hydrogens (tertiary/aromatic N) is 1. The van der Waals surface area contributed by atoms with E-state index < -0.39 is 0 Å². The average molecular weight is 273 g/mol. The fraction of sp³-hybridized carbons (Fsp3) is 0.133. The van der Waals surface area contributed by atoms with Gasteiger partial charge in [-0.05, 0) is 37.3 Å². The summed E-state index contributed by atoms with van der Waals surface area (Å²) < 4.78 is 5.83. The fourth-order valence-corrected chi connectivity index (χ4v) is 2.13. The van der Waals surface area contributed by atoms with Crippen LogP contribution in [0.2, 0.25) is 5.02 Å². The minimum atomic E-state index is -0.145. The Labute approximate surface area is 116 Å². The van der Waals surface area contributed by atoms with Crippen molar-refractivity contribution in [3.8, 4) is 5.75 Å². The van der Waals surface area contributed by atoms with Crippen LogP contribution in [-0.2, 0) is 0 Å². The van der Waals surface area contributed by atoms with Gasteiger partial charge in [0.15, 0.2) is 6.10 Å². The summed E-state index contributed by atoms with van der Waals surface area (Å²) in [5.74, 6) is 1.62. The zero-order chi connectivity index (χ0) is 13.2. The van der Waals surface area contributed by atoms with Crippen molar-refractivity contribution in [3.63, 3.8) is 0 Å². The number of hydrogen-bond donors (Lipinski definition) is 1. The smallest absolute Gasteiger partial charge is 0.153 e. The Kier molecular flexibility index (Phi) is 3.13. The predicted molar refractivity (Wildman–Crippen MR) is 76.6 cm³/mol. The van der Waals surface area contributed by atoms with E-state index in [2.05, 4.69) is 9.97 Å². The minimum absolute atomic E-state index is 0.145. The second-order valence-corrected chi connectivity index (χ2v) is 4.79. The van der Waals surface area contributed by atoms with Crippen molar-refractivity contribution < 1.29 is 4.74 Å². The van der Waals surface area contributed by atoms with Gasteiger partial charge in [0.2, 0.25) is 0 Å². The number of ether oxygens (including phenoxy) is 1. The van der Waals surface area contributed by atoms with Crippen molar-refractivity contribution in [2.24, 2.45) is 0 Å². The standard InChI is InChI=1S/C15H13ClN2O/c1-10(19-12-5-3-2-4-6-12)15-17-13-8-7-11(16)9-14(13)18-15/h2-10H,1H3,(H,17,18). The number of aromatic nitrogens is 2. The summed E-state index contributed by atoms with van der Waals surface area (Å²) in [5.41, 5.74) is 1.81. The molecular weight excluding hydrogens is 260 g/mol. The highest BCUT2D eigenvalue weighted by Gasteiger charge is 2.12. The summed E-state index contributed by atoms with van der Waals surface area (Å²) in [5, 5.41) is 0.694. The summed E-state index contributed by atoms with van der Waals surface area (Å²) in [6.45, 7) is 1.96. The summed E-state index contributed by atoms with van der Waals surface area (Å²) in [6, 6.07) is 15.3. The van der Waals surface area contributed by atoms with Gasteiger partial charge in [0.05, 0.1) is 11.0 Å². The van der Waals surface area contributed by atoms with Gasteiger partial charge in [-0.1, -0.05) is 29.8 Å². The first-order chi connectivity index (χ1) is 9.22. The van der Waals surface area contributed by atoms with E-state index in [9.17, 15) is 0 Å². The third kappa shape index (κ3) is 2.56. The number of para-hydroxylation sites is 1. The van der Waals surface area contributed by atoms with Gasteiger partial charge in [-0.2, -0.15) is 0 Å². The molecule has 19 heavy (non-hydrogen) atoms. The van der Waals surface area contributed by atoms with E-state index >= 15 is 0 Å². The molecule has 1 atom stereocenters. The Balaban J connectivity index is 1.87. The second kappa shape index (κ2) is 4.94. The van der Waals surface area contributed by atoms with Crippen molar-refractivity contribution in [2.75, 3.05) is 0 Å². The fourth-order valence-electron chi connectivity index (χ4n) is 1.95. The van der Waals surface area contributed by atoms with Crippen molar-refractivity contribution in [1.29, 1.82) is 0 Å². The molecule has 1 N–H and O–H groups in total. The average Bonchev–Trinajstić information content (AvgIpc) is 2.83. The summed E-state index contributed by atoms with van der Waals surface area (Å²) in [7, 11) is 0. The highest BCUT2D eigenvalue weighted by atomic mass is 35.5. The number of rotatable bonds is 3. The van der Waals surface area contributed by atoms with Crippen molar-refractivity contribution in [1.82, 2.24) is 9.97 Å². The van der Waals surface area contributed by atoms with Gasteiger partial charge < -0.3 is 9.72 Å². The lowest BCUT2D eigenvalue weighted by atomic mass is 10.3. The number of fused-ring (bicyclic) bond motifs is 1. The molecule has 0 bridgehead atoms. The number of hydrogen-bond acceptors (Lipinski definition) is 2. The monoisotopic (exact) mass is 272 g/mol. The van der Waals surface area contributed by atoms with E-state index in [1.165, 1.54) is 0 Å². The van der Waals surface area contributed by atoms with Crippen LogP contribution in [0, 0.1) is 0 Å². The molecule has 0 aliphatic heterocycles. The van der Waals surface area contributed by atoms with Crippen LogP contribution in [0.4, 0.5) is 0 Å². The molecule has 96 valence electrons. The van der Waals surface area contributed by atoms with Crippen LogP contribution in [0.1, 0.15) is 18.9 Å². The number of aromatic amines is 1. The third-order valence-electron chi connectivity index (χ3n) is 2.90. The molecule has 4 heteroatoms. The van der Waals surface area contributed by atoms with Gasteiger partial charge in [-0.15, -0.1) is 0 Å². The van der Waals surface area contributed by atoms with E-state index in [1.54, 1.807) is 0 Å². The van der Waals surface area contributed by atoms with Crippen LogP contribution in [0.5, 0.6) is 5.75 Å². The summed E-state index contributed by atoms with van der Waals surface area (Å²) in [4.78, 5) is 7.75. The Bertz CT molecular complexity index is 694. The lowest BCUT2D eigenvalue weighted by molar-refractivity contribution is 0.218. The topological polar surface area (TPSA) is 37.9 Å². The molecule has 1 unspecified atom stereocenters. The van der Waals surface area contributed by atoms with Gasteiger partial charge in [0.25, 0.3) is 0 Å². The van der Waals surface area contributed by atoms with Crippen LogP contribution in [0.3, 0.4) is 0 Å². The molecule has 0 radical (unpaired) electrons. The molecule has 0 fully saturated rings. The number of nitrogens with one attached hydrogen (secondary N) is 1. The van der Waals surface area contributed by atoms with E-state index in [4.69, 9.17) is 16.3 Å². The molecule has 0 spiro atoms. The van der Waals surface area contributed by atoms with E-state index in [0.717, 1.165) is 22.6 Å². The maximum absolute atomic E-state index is 5.96. The molecule has 0 amide bonds. The molecule has 3 aromatic rings. The van der Waals surface area contributed by atoms with Crippen LogP contribution in [-0.4, -0.2) is 9.97 Å². The first-order valence-electron chi connectivity index (χ1n) is 6.09.